The van der Waals surface area contributed by atoms with Gasteiger partial charge in [0.2, 0.25) is 10.0 Å². The van der Waals surface area contributed by atoms with E-state index >= 15 is 0 Å². The van der Waals surface area contributed by atoms with Crippen LogP contribution in [0.1, 0.15) is 13.8 Å². The van der Waals surface area contributed by atoms with Gasteiger partial charge < -0.3 is 10.6 Å². The molecule has 1 atom stereocenters. The van der Waals surface area contributed by atoms with Crippen molar-refractivity contribution in [3.63, 3.8) is 0 Å². The SMILES string of the molecule is CCN(C(C)CN(C)C)S(=O)(=O)c1cc(Br)cnc1N. The summed E-state index contributed by atoms with van der Waals surface area (Å²) in [5, 5.41) is 0. The average Bonchev–Trinajstić information content (AvgIpc) is 2.31. The van der Waals surface area contributed by atoms with E-state index in [0.29, 0.717) is 17.6 Å². The van der Waals surface area contributed by atoms with Crippen molar-refractivity contribution in [1.29, 1.82) is 0 Å². The zero-order valence-corrected chi connectivity index (χ0v) is 14.6. The lowest BCUT2D eigenvalue weighted by molar-refractivity contribution is 0.271. The van der Waals surface area contributed by atoms with E-state index < -0.39 is 10.0 Å². The molecule has 20 heavy (non-hydrogen) atoms. The third-order valence-electron chi connectivity index (χ3n) is 2.87. The molecule has 1 aromatic rings. The molecule has 0 aliphatic rings. The van der Waals surface area contributed by atoms with Crippen LogP contribution in [0.3, 0.4) is 0 Å². The molecule has 0 spiro atoms. The molecule has 6 nitrogen and oxygen atoms in total. The van der Waals surface area contributed by atoms with Crippen LogP contribution in [0.4, 0.5) is 5.82 Å². The van der Waals surface area contributed by atoms with E-state index in [-0.39, 0.29) is 16.8 Å². The molecule has 0 fully saturated rings. The van der Waals surface area contributed by atoms with Crippen LogP contribution in [0.25, 0.3) is 0 Å². The summed E-state index contributed by atoms with van der Waals surface area (Å²) in [4.78, 5) is 5.89. The lowest BCUT2D eigenvalue weighted by Crippen LogP contribution is -2.43. The molecule has 0 radical (unpaired) electrons. The van der Waals surface area contributed by atoms with Crippen molar-refractivity contribution < 1.29 is 8.42 Å². The first-order valence-electron chi connectivity index (χ1n) is 6.27. The number of anilines is 1. The van der Waals surface area contributed by atoms with Gasteiger partial charge in [-0.25, -0.2) is 13.4 Å². The molecule has 1 heterocycles. The molecular weight excluding hydrogens is 344 g/mol. The highest BCUT2D eigenvalue weighted by atomic mass is 79.9. The topological polar surface area (TPSA) is 79.5 Å². The second-order valence-corrected chi connectivity index (χ2v) is 7.63. The van der Waals surface area contributed by atoms with Crippen LogP contribution in [0.5, 0.6) is 0 Å². The fraction of sp³-hybridized carbons (Fsp3) is 0.583. The molecule has 0 aliphatic carbocycles. The van der Waals surface area contributed by atoms with E-state index in [4.69, 9.17) is 5.73 Å². The Balaban J connectivity index is 3.21. The van der Waals surface area contributed by atoms with Gasteiger partial charge in [0.25, 0.3) is 0 Å². The summed E-state index contributed by atoms with van der Waals surface area (Å²) in [6, 6.07) is 1.33. The number of halogens is 1. The van der Waals surface area contributed by atoms with Gasteiger partial charge in [0.1, 0.15) is 10.7 Å². The van der Waals surface area contributed by atoms with Gasteiger partial charge in [0, 0.05) is 29.8 Å². The van der Waals surface area contributed by atoms with Crippen molar-refractivity contribution in [3.8, 4) is 0 Å². The van der Waals surface area contributed by atoms with Crippen molar-refractivity contribution in [1.82, 2.24) is 14.2 Å². The van der Waals surface area contributed by atoms with E-state index in [1.165, 1.54) is 16.6 Å². The number of hydrogen-bond donors (Lipinski definition) is 1. The number of pyridine rings is 1. The van der Waals surface area contributed by atoms with Gasteiger partial charge in [0.05, 0.1) is 0 Å². The van der Waals surface area contributed by atoms with Gasteiger partial charge in [-0.05, 0) is 43.0 Å². The summed E-state index contributed by atoms with van der Waals surface area (Å²) < 4.78 is 27.5. The maximum absolute atomic E-state index is 12.7. The van der Waals surface area contributed by atoms with Crippen molar-refractivity contribution in [2.24, 2.45) is 0 Å². The first-order valence-corrected chi connectivity index (χ1v) is 8.51. The van der Waals surface area contributed by atoms with Crippen molar-refractivity contribution in [2.75, 3.05) is 32.9 Å². The maximum atomic E-state index is 12.7. The second kappa shape index (κ2) is 6.84. The van der Waals surface area contributed by atoms with Crippen LogP contribution in [-0.2, 0) is 10.0 Å². The average molecular weight is 365 g/mol. The van der Waals surface area contributed by atoms with Crippen molar-refractivity contribution in [3.05, 3.63) is 16.7 Å². The molecule has 0 amide bonds. The number of nitrogen functional groups attached to an aromatic ring is 1. The second-order valence-electron chi connectivity index (χ2n) is 4.86. The molecule has 0 saturated carbocycles. The first kappa shape index (κ1) is 17.4. The Hall–Kier alpha value is -0.700. The fourth-order valence-corrected chi connectivity index (χ4v) is 4.31. The van der Waals surface area contributed by atoms with Gasteiger partial charge in [-0.3, -0.25) is 0 Å². The monoisotopic (exact) mass is 364 g/mol. The molecule has 114 valence electrons. The molecule has 0 aliphatic heterocycles. The summed E-state index contributed by atoms with van der Waals surface area (Å²) in [5.41, 5.74) is 5.72. The summed E-state index contributed by atoms with van der Waals surface area (Å²) in [5.74, 6) is 0.0173. The standard InChI is InChI=1S/C12H21BrN4O2S/c1-5-17(9(2)8-16(3)4)20(18,19)11-6-10(13)7-15-12(11)14/h6-7,9H,5,8H2,1-4H3,(H2,14,15). The van der Waals surface area contributed by atoms with E-state index in [1.807, 2.05) is 32.8 Å². The number of likely N-dealkylation sites (N-methyl/N-ethyl adjacent to an activating group) is 2. The van der Waals surface area contributed by atoms with Crippen molar-refractivity contribution in [2.45, 2.75) is 24.8 Å². The lowest BCUT2D eigenvalue weighted by atomic mass is 10.3. The van der Waals surface area contributed by atoms with E-state index in [0.717, 1.165) is 0 Å². The highest BCUT2D eigenvalue weighted by Crippen LogP contribution is 2.25. The largest absolute Gasteiger partial charge is 0.383 e. The molecular formula is C12H21BrN4O2S. The fourth-order valence-electron chi connectivity index (χ4n) is 2.10. The minimum atomic E-state index is -3.66. The van der Waals surface area contributed by atoms with Crippen molar-refractivity contribution >= 4 is 31.8 Å². The summed E-state index contributed by atoms with van der Waals surface area (Å²) in [6.45, 7) is 4.70. The highest BCUT2D eigenvalue weighted by Gasteiger charge is 2.30. The Morgan fingerprint density at radius 1 is 1.45 bits per heavy atom. The smallest absolute Gasteiger partial charge is 0.247 e. The summed E-state index contributed by atoms with van der Waals surface area (Å²) >= 11 is 3.23. The molecule has 1 unspecified atom stereocenters. The highest BCUT2D eigenvalue weighted by molar-refractivity contribution is 9.10. The third-order valence-corrected chi connectivity index (χ3v) is 5.42. The van der Waals surface area contributed by atoms with E-state index in [1.54, 1.807) is 0 Å². The Morgan fingerprint density at radius 3 is 2.55 bits per heavy atom. The maximum Gasteiger partial charge on any atom is 0.247 e. The minimum Gasteiger partial charge on any atom is -0.383 e. The number of aromatic nitrogens is 1. The molecule has 1 aromatic heterocycles. The Bertz CT molecular complexity index is 563. The summed E-state index contributed by atoms with van der Waals surface area (Å²) in [6.07, 6.45) is 1.48. The van der Waals surface area contributed by atoms with Crippen LogP contribution in [-0.4, -0.2) is 55.8 Å². The lowest BCUT2D eigenvalue weighted by Gasteiger charge is -2.29. The van der Waals surface area contributed by atoms with Gasteiger partial charge in [-0.2, -0.15) is 4.31 Å². The molecule has 2 N–H and O–H groups in total. The Morgan fingerprint density at radius 2 is 2.05 bits per heavy atom. The molecule has 8 heteroatoms. The third kappa shape index (κ3) is 3.91. The molecule has 1 rings (SSSR count). The van der Waals surface area contributed by atoms with Crippen LogP contribution >= 0.6 is 15.9 Å². The van der Waals surface area contributed by atoms with Crippen LogP contribution in [0.15, 0.2) is 21.6 Å². The molecule has 0 bridgehead atoms. The zero-order chi connectivity index (χ0) is 15.5. The Labute approximate surface area is 129 Å². The number of nitrogens with two attached hydrogens (primary N) is 1. The van der Waals surface area contributed by atoms with E-state index in [2.05, 4.69) is 20.9 Å². The molecule has 0 saturated heterocycles. The Kier molecular flexibility index (Phi) is 5.93. The van der Waals surface area contributed by atoms with Gasteiger partial charge in [-0.1, -0.05) is 6.92 Å². The zero-order valence-electron chi connectivity index (χ0n) is 12.2. The van der Waals surface area contributed by atoms with Crippen LogP contribution in [0, 0.1) is 0 Å². The number of sulfonamides is 1. The number of rotatable bonds is 6. The van der Waals surface area contributed by atoms with Crippen LogP contribution < -0.4 is 5.73 Å². The van der Waals surface area contributed by atoms with E-state index in [9.17, 15) is 8.42 Å². The first-order chi connectivity index (χ1) is 9.20. The summed E-state index contributed by atoms with van der Waals surface area (Å²) in [7, 11) is 0.157. The predicted molar refractivity (Wildman–Crippen MR) is 83.9 cm³/mol. The van der Waals surface area contributed by atoms with Gasteiger partial charge >= 0.3 is 0 Å². The normalized spacial score (nSPS) is 13.9. The van der Waals surface area contributed by atoms with Gasteiger partial charge in [-0.15, -0.1) is 0 Å². The minimum absolute atomic E-state index is 0.0173. The predicted octanol–water partition coefficient (Wildman–Crippen LogP) is 1.39. The number of hydrogen-bond acceptors (Lipinski definition) is 5. The number of nitrogens with zero attached hydrogens (tertiary/aromatic N) is 3. The quantitative estimate of drug-likeness (QED) is 0.824. The van der Waals surface area contributed by atoms with Gasteiger partial charge in [0.15, 0.2) is 0 Å². The van der Waals surface area contributed by atoms with Crippen LogP contribution in [0.2, 0.25) is 0 Å². The molecule has 0 aromatic carbocycles.